The summed E-state index contributed by atoms with van der Waals surface area (Å²) >= 11 is 0. The maximum atomic E-state index is 11.1. The molecule has 0 aliphatic carbocycles. The van der Waals surface area contributed by atoms with E-state index >= 15 is 0 Å². The molecule has 2 aromatic rings. The van der Waals surface area contributed by atoms with E-state index in [1.807, 2.05) is 12.1 Å². The van der Waals surface area contributed by atoms with Crippen LogP contribution < -0.4 is 16.4 Å². The van der Waals surface area contributed by atoms with Crippen molar-refractivity contribution in [1.29, 1.82) is 0 Å². The van der Waals surface area contributed by atoms with E-state index in [0.29, 0.717) is 23.2 Å². The Morgan fingerprint density at radius 3 is 3.20 bits per heavy atom. The van der Waals surface area contributed by atoms with E-state index in [9.17, 15) is 4.79 Å². The summed E-state index contributed by atoms with van der Waals surface area (Å²) in [6.45, 7) is 4.61. The fourth-order valence-corrected chi connectivity index (χ4v) is 2.58. The number of anilines is 1. The molecule has 0 saturated carbocycles. The number of hydrogen-bond acceptors (Lipinski definition) is 5. The Kier molecular flexibility index (Phi) is 3.75. The third-order valence-corrected chi connectivity index (χ3v) is 3.47. The van der Waals surface area contributed by atoms with Crippen molar-refractivity contribution >= 4 is 16.8 Å². The van der Waals surface area contributed by atoms with Crippen LogP contribution in [0.4, 0.5) is 5.69 Å². The summed E-state index contributed by atoms with van der Waals surface area (Å²) in [7, 11) is 0. The number of aromatic amines is 1. The van der Waals surface area contributed by atoms with E-state index in [1.54, 1.807) is 6.07 Å². The van der Waals surface area contributed by atoms with Crippen LogP contribution in [0.5, 0.6) is 0 Å². The quantitative estimate of drug-likeness (QED) is 0.785. The second-order valence-electron chi connectivity index (χ2n) is 5.23. The molecule has 1 aliphatic rings. The fraction of sp³-hybridized carbons (Fsp3) is 0.500. The minimum Gasteiger partial charge on any atom is -0.408 e. The van der Waals surface area contributed by atoms with Crippen molar-refractivity contribution in [2.45, 2.75) is 25.4 Å². The van der Waals surface area contributed by atoms with Crippen LogP contribution in [0, 0.1) is 0 Å². The number of benzene rings is 1. The van der Waals surface area contributed by atoms with Crippen LogP contribution in [0.3, 0.4) is 0 Å². The van der Waals surface area contributed by atoms with Crippen LogP contribution in [-0.4, -0.2) is 36.8 Å². The molecule has 3 N–H and O–H groups in total. The summed E-state index contributed by atoms with van der Waals surface area (Å²) in [5.41, 5.74) is 2.26. The zero-order chi connectivity index (χ0) is 13.9. The van der Waals surface area contributed by atoms with Gasteiger partial charge in [0.25, 0.3) is 0 Å². The van der Waals surface area contributed by atoms with Crippen LogP contribution in [0.2, 0.25) is 0 Å². The molecule has 6 nitrogen and oxygen atoms in total. The Labute approximate surface area is 116 Å². The molecule has 1 aromatic carbocycles. The summed E-state index contributed by atoms with van der Waals surface area (Å²) < 4.78 is 10.4. The monoisotopic (exact) mass is 277 g/mol. The highest BCUT2D eigenvalue weighted by molar-refractivity contribution is 5.76. The van der Waals surface area contributed by atoms with Crippen LogP contribution >= 0.6 is 0 Å². The molecule has 108 valence electrons. The van der Waals surface area contributed by atoms with Crippen molar-refractivity contribution in [1.82, 2.24) is 10.3 Å². The molecule has 2 atom stereocenters. The van der Waals surface area contributed by atoms with Crippen LogP contribution in [0.25, 0.3) is 11.1 Å². The Balaban J connectivity index is 1.64. The average molecular weight is 277 g/mol. The first-order valence-electron chi connectivity index (χ1n) is 6.91. The van der Waals surface area contributed by atoms with Gasteiger partial charge < -0.3 is 19.8 Å². The highest BCUT2D eigenvalue weighted by Crippen LogP contribution is 2.18. The number of fused-ring (bicyclic) bond motifs is 1. The fourth-order valence-electron chi connectivity index (χ4n) is 2.58. The van der Waals surface area contributed by atoms with E-state index in [-0.39, 0.29) is 0 Å². The van der Waals surface area contributed by atoms with Gasteiger partial charge in [-0.1, -0.05) is 0 Å². The SMILES string of the molecule is CC(CC1COCCN1)Nc1ccc2oc(=O)[nH]c2c1. The predicted molar refractivity (Wildman–Crippen MR) is 77.1 cm³/mol. The summed E-state index contributed by atoms with van der Waals surface area (Å²) in [6, 6.07) is 6.31. The van der Waals surface area contributed by atoms with E-state index in [0.717, 1.165) is 31.9 Å². The van der Waals surface area contributed by atoms with Gasteiger partial charge in [0, 0.05) is 24.3 Å². The normalized spacial score (nSPS) is 20.9. The van der Waals surface area contributed by atoms with Crippen molar-refractivity contribution in [3.8, 4) is 0 Å². The molecule has 2 unspecified atom stereocenters. The van der Waals surface area contributed by atoms with Crippen LogP contribution in [0.1, 0.15) is 13.3 Å². The molecule has 1 aliphatic heterocycles. The van der Waals surface area contributed by atoms with E-state index in [2.05, 4.69) is 22.5 Å². The molecule has 1 aromatic heterocycles. The first kappa shape index (κ1) is 13.2. The van der Waals surface area contributed by atoms with Crippen molar-refractivity contribution in [2.75, 3.05) is 25.1 Å². The van der Waals surface area contributed by atoms with E-state index in [4.69, 9.17) is 9.15 Å². The van der Waals surface area contributed by atoms with Gasteiger partial charge in [0.05, 0.1) is 18.7 Å². The number of morpholine rings is 1. The minimum atomic E-state index is -0.422. The smallest absolute Gasteiger partial charge is 0.408 e. The molecule has 0 spiro atoms. The second-order valence-corrected chi connectivity index (χ2v) is 5.23. The van der Waals surface area contributed by atoms with E-state index < -0.39 is 5.76 Å². The van der Waals surface area contributed by atoms with E-state index in [1.165, 1.54) is 0 Å². The Hall–Kier alpha value is -1.79. The first-order chi connectivity index (χ1) is 9.70. The summed E-state index contributed by atoms with van der Waals surface area (Å²) in [5, 5.41) is 6.87. The Bertz CT molecular complexity index is 628. The van der Waals surface area contributed by atoms with Crippen molar-refractivity contribution in [3.05, 3.63) is 28.7 Å². The largest absolute Gasteiger partial charge is 0.417 e. The summed E-state index contributed by atoms with van der Waals surface area (Å²) in [6.07, 6.45) is 0.986. The minimum absolute atomic E-state index is 0.310. The standard InChI is InChI=1S/C14H19N3O3/c1-9(6-11-8-19-5-4-15-11)16-10-2-3-13-12(7-10)17-14(18)20-13/h2-3,7,9,11,15-16H,4-6,8H2,1H3,(H,17,18). The van der Waals surface area contributed by atoms with Crippen molar-refractivity contribution < 1.29 is 9.15 Å². The lowest BCUT2D eigenvalue weighted by Crippen LogP contribution is -2.43. The Morgan fingerprint density at radius 1 is 1.50 bits per heavy atom. The van der Waals surface area contributed by atoms with Gasteiger partial charge >= 0.3 is 5.76 Å². The number of H-pyrrole nitrogens is 1. The summed E-state index contributed by atoms with van der Waals surface area (Å²) in [4.78, 5) is 13.8. The maximum absolute atomic E-state index is 11.1. The second kappa shape index (κ2) is 5.68. The Morgan fingerprint density at radius 2 is 2.40 bits per heavy atom. The molecule has 2 heterocycles. The molecule has 3 rings (SSSR count). The van der Waals surface area contributed by atoms with Gasteiger partial charge in [0.2, 0.25) is 0 Å². The lowest BCUT2D eigenvalue weighted by atomic mass is 10.1. The number of ether oxygens (including phenoxy) is 1. The van der Waals surface area contributed by atoms with Gasteiger partial charge in [0.15, 0.2) is 5.58 Å². The molecule has 1 saturated heterocycles. The number of rotatable bonds is 4. The van der Waals surface area contributed by atoms with Gasteiger partial charge in [0.1, 0.15) is 0 Å². The zero-order valence-electron chi connectivity index (χ0n) is 11.4. The lowest BCUT2D eigenvalue weighted by Gasteiger charge is -2.27. The zero-order valence-corrected chi connectivity index (χ0v) is 11.4. The molecule has 20 heavy (non-hydrogen) atoms. The third kappa shape index (κ3) is 3.02. The molecule has 0 radical (unpaired) electrons. The number of hydrogen-bond donors (Lipinski definition) is 3. The third-order valence-electron chi connectivity index (χ3n) is 3.47. The molecule has 1 fully saturated rings. The molecular weight excluding hydrogens is 258 g/mol. The molecular formula is C14H19N3O3. The highest BCUT2D eigenvalue weighted by atomic mass is 16.5. The summed E-state index contributed by atoms with van der Waals surface area (Å²) in [5.74, 6) is -0.422. The number of nitrogens with one attached hydrogen (secondary N) is 3. The highest BCUT2D eigenvalue weighted by Gasteiger charge is 2.16. The van der Waals surface area contributed by atoms with Gasteiger partial charge in [-0.2, -0.15) is 0 Å². The van der Waals surface area contributed by atoms with Crippen LogP contribution in [0.15, 0.2) is 27.4 Å². The van der Waals surface area contributed by atoms with Gasteiger partial charge in [-0.05, 0) is 31.5 Å². The topological polar surface area (TPSA) is 79.3 Å². The van der Waals surface area contributed by atoms with Gasteiger partial charge in [-0.15, -0.1) is 0 Å². The molecule has 6 heteroatoms. The van der Waals surface area contributed by atoms with Gasteiger partial charge in [-0.25, -0.2) is 4.79 Å². The lowest BCUT2D eigenvalue weighted by molar-refractivity contribution is 0.0731. The number of aromatic nitrogens is 1. The van der Waals surface area contributed by atoms with Gasteiger partial charge in [-0.3, -0.25) is 4.98 Å². The average Bonchev–Trinajstić information content (AvgIpc) is 2.79. The molecule has 0 bridgehead atoms. The maximum Gasteiger partial charge on any atom is 0.417 e. The predicted octanol–water partition coefficient (Wildman–Crippen LogP) is 1.30. The number of oxazole rings is 1. The van der Waals surface area contributed by atoms with Crippen molar-refractivity contribution in [3.63, 3.8) is 0 Å². The van der Waals surface area contributed by atoms with Crippen LogP contribution in [-0.2, 0) is 4.74 Å². The van der Waals surface area contributed by atoms with Crippen molar-refractivity contribution in [2.24, 2.45) is 0 Å². The first-order valence-corrected chi connectivity index (χ1v) is 6.91. The molecule has 0 amide bonds.